The van der Waals surface area contributed by atoms with Crippen molar-refractivity contribution in [2.24, 2.45) is 5.92 Å². The van der Waals surface area contributed by atoms with Gasteiger partial charge in [0, 0.05) is 19.2 Å². The first-order chi connectivity index (χ1) is 6.27. The molecule has 1 saturated heterocycles. The van der Waals surface area contributed by atoms with E-state index < -0.39 is 0 Å². The highest BCUT2D eigenvalue weighted by Gasteiger charge is 2.23. The van der Waals surface area contributed by atoms with Gasteiger partial charge in [0.1, 0.15) is 0 Å². The molecule has 13 heavy (non-hydrogen) atoms. The zero-order valence-electron chi connectivity index (χ0n) is 8.25. The SMILES string of the molecule is C=C=CC(=O)N1CCC(CCC)C1. The average molecular weight is 179 g/mol. The molecule has 1 atom stereocenters. The van der Waals surface area contributed by atoms with Gasteiger partial charge in [-0.1, -0.05) is 19.9 Å². The first kappa shape index (κ1) is 10.1. The number of carbonyl (C=O) groups is 1. The molecule has 0 saturated carbocycles. The Morgan fingerprint density at radius 1 is 1.77 bits per heavy atom. The van der Waals surface area contributed by atoms with Crippen LogP contribution in [0.25, 0.3) is 0 Å². The highest BCUT2D eigenvalue weighted by Crippen LogP contribution is 2.20. The quantitative estimate of drug-likeness (QED) is 0.479. The van der Waals surface area contributed by atoms with E-state index in [1.165, 1.54) is 18.9 Å². The number of likely N-dealkylation sites (tertiary alicyclic amines) is 1. The second-order valence-corrected chi connectivity index (χ2v) is 3.58. The molecule has 1 aliphatic heterocycles. The van der Waals surface area contributed by atoms with Crippen molar-refractivity contribution in [1.82, 2.24) is 4.90 Å². The van der Waals surface area contributed by atoms with Gasteiger partial charge in [0.25, 0.3) is 5.91 Å². The maximum atomic E-state index is 11.4. The molecule has 0 radical (unpaired) electrons. The Morgan fingerprint density at radius 3 is 3.15 bits per heavy atom. The second-order valence-electron chi connectivity index (χ2n) is 3.58. The van der Waals surface area contributed by atoms with Crippen molar-refractivity contribution < 1.29 is 4.79 Å². The van der Waals surface area contributed by atoms with Crippen LogP contribution in [0.4, 0.5) is 0 Å². The summed E-state index contributed by atoms with van der Waals surface area (Å²) in [6.07, 6.45) is 5.03. The summed E-state index contributed by atoms with van der Waals surface area (Å²) in [6, 6.07) is 0. The minimum absolute atomic E-state index is 0.0635. The van der Waals surface area contributed by atoms with Crippen LogP contribution in [0.1, 0.15) is 26.2 Å². The van der Waals surface area contributed by atoms with Gasteiger partial charge in [0.05, 0.1) is 0 Å². The zero-order chi connectivity index (χ0) is 9.68. The monoisotopic (exact) mass is 179 g/mol. The predicted octanol–water partition coefficient (Wildman–Crippen LogP) is 1.98. The van der Waals surface area contributed by atoms with Crippen molar-refractivity contribution >= 4 is 5.91 Å². The highest BCUT2D eigenvalue weighted by molar-refractivity contribution is 5.87. The molecular formula is C11H17NO. The molecule has 0 aliphatic carbocycles. The molecule has 2 heteroatoms. The largest absolute Gasteiger partial charge is 0.338 e. The van der Waals surface area contributed by atoms with Crippen molar-refractivity contribution in [3.05, 3.63) is 18.4 Å². The van der Waals surface area contributed by atoms with Crippen molar-refractivity contribution in [1.29, 1.82) is 0 Å². The lowest BCUT2D eigenvalue weighted by Crippen LogP contribution is -2.26. The van der Waals surface area contributed by atoms with E-state index in [4.69, 9.17) is 0 Å². The van der Waals surface area contributed by atoms with Crippen molar-refractivity contribution in [3.63, 3.8) is 0 Å². The smallest absolute Gasteiger partial charge is 0.254 e. The number of hydrogen-bond donors (Lipinski definition) is 0. The van der Waals surface area contributed by atoms with Gasteiger partial charge in [0.2, 0.25) is 0 Å². The predicted molar refractivity (Wildman–Crippen MR) is 53.3 cm³/mol. The molecule has 1 heterocycles. The van der Waals surface area contributed by atoms with E-state index in [1.54, 1.807) is 0 Å². The van der Waals surface area contributed by atoms with Gasteiger partial charge in [-0.05, 0) is 18.8 Å². The van der Waals surface area contributed by atoms with Gasteiger partial charge in [0.15, 0.2) is 0 Å². The Bertz CT molecular complexity index is 228. The molecule has 0 aromatic rings. The molecule has 0 aromatic heterocycles. The Hall–Kier alpha value is -1.01. The Labute approximate surface area is 79.9 Å². The third-order valence-corrected chi connectivity index (χ3v) is 2.52. The van der Waals surface area contributed by atoms with E-state index >= 15 is 0 Å². The maximum absolute atomic E-state index is 11.4. The first-order valence-electron chi connectivity index (χ1n) is 4.92. The van der Waals surface area contributed by atoms with Crippen LogP contribution < -0.4 is 0 Å². The van der Waals surface area contributed by atoms with Crippen molar-refractivity contribution in [2.45, 2.75) is 26.2 Å². The van der Waals surface area contributed by atoms with Crippen LogP contribution in [-0.2, 0) is 4.79 Å². The topological polar surface area (TPSA) is 20.3 Å². The third-order valence-electron chi connectivity index (χ3n) is 2.52. The molecule has 1 fully saturated rings. The molecular weight excluding hydrogens is 162 g/mol. The Morgan fingerprint density at radius 2 is 2.54 bits per heavy atom. The molecule has 0 spiro atoms. The molecule has 0 bridgehead atoms. The molecule has 1 unspecified atom stereocenters. The number of nitrogens with zero attached hydrogens (tertiary/aromatic N) is 1. The zero-order valence-corrected chi connectivity index (χ0v) is 8.25. The standard InChI is InChI=1S/C11H17NO/c1-3-5-10-7-8-12(9-10)11(13)6-4-2/h6,10H,2-3,5,7-9H2,1H3. The molecule has 1 amide bonds. The normalized spacial score (nSPS) is 21.3. The van der Waals surface area contributed by atoms with Crippen LogP contribution in [0.3, 0.4) is 0 Å². The summed E-state index contributed by atoms with van der Waals surface area (Å²) in [4.78, 5) is 13.3. The van der Waals surface area contributed by atoms with Crippen molar-refractivity contribution in [3.8, 4) is 0 Å². The summed E-state index contributed by atoms with van der Waals surface area (Å²) in [5.74, 6) is 0.778. The minimum atomic E-state index is 0.0635. The summed E-state index contributed by atoms with van der Waals surface area (Å²) >= 11 is 0. The van der Waals surface area contributed by atoms with E-state index in [0.717, 1.165) is 19.5 Å². The first-order valence-corrected chi connectivity index (χ1v) is 4.92. The van der Waals surface area contributed by atoms with Crippen LogP contribution in [-0.4, -0.2) is 23.9 Å². The Kier molecular flexibility index (Phi) is 3.78. The van der Waals surface area contributed by atoms with Crippen LogP contribution in [0.15, 0.2) is 18.4 Å². The lowest BCUT2D eigenvalue weighted by atomic mass is 10.0. The van der Waals surface area contributed by atoms with E-state index in [9.17, 15) is 4.79 Å². The minimum Gasteiger partial charge on any atom is -0.338 e. The van der Waals surface area contributed by atoms with Gasteiger partial charge in [-0.15, -0.1) is 5.73 Å². The third kappa shape index (κ3) is 2.74. The maximum Gasteiger partial charge on any atom is 0.254 e. The lowest BCUT2D eigenvalue weighted by Gasteiger charge is -2.13. The van der Waals surface area contributed by atoms with E-state index in [0.29, 0.717) is 5.92 Å². The van der Waals surface area contributed by atoms with Gasteiger partial charge < -0.3 is 4.90 Å². The number of hydrogen-bond acceptors (Lipinski definition) is 1. The average Bonchev–Trinajstić information content (AvgIpc) is 2.54. The summed E-state index contributed by atoms with van der Waals surface area (Å²) in [5.41, 5.74) is 2.52. The van der Waals surface area contributed by atoms with E-state index in [1.807, 2.05) is 4.90 Å². The van der Waals surface area contributed by atoms with Gasteiger partial charge >= 0.3 is 0 Å². The van der Waals surface area contributed by atoms with Crippen LogP contribution in [0.5, 0.6) is 0 Å². The van der Waals surface area contributed by atoms with Crippen LogP contribution in [0.2, 0.25) is 0 Å². The number of amides is 1. The fourth-order valence-electron chi connectivity index (χ4n) is 1.86. The molecule has 1 aliphatic rings. The van der Waals surface area contributed by atoms with Gasteiger partial charge in [-0.2, -0.15) is 0 Å². The second kappa shape index (κ2) is 4.88. The molecule has 72 valence electrons. The van der Waals surface area contributed by atoms with E-state index in [2.05, 4.69) is 19.2 Å². The van der Waals surface area contributed by atoms with Crippen LogP contribution in [0, 0.1) is 5.92 Å². The Balaban J connectivity index is 2.40. The van der Waals surface area contributed by atoms with Crippen molar-refractivity contribution in [2.75, 3.05) is 13.1 Å². The summed E-state index contributed by atoms with van der Waals surface area (Å²) in [7, 11) is 0. The molecule has 2 nitrogen and oxygen atoms in total. The van der Waals surface area contributed by atoms with E-state index in [-0.39, 0.29) is 5.91 Å². The number of rotatable bonds is 3. The fourth-order valence-corrected chi connectivity index (χ4v) is 1.86. The highest BCUT2D eigenvalue weighted by atomic mass is 16.2. The number of carbonyl (C=O) groups excluding carboxylic acids is 1. The van der Waals surface area contributed by atoms with Gasteiger partial charge in [-0.25, -0.2) is 0 Å². The molecule has 0 aromatic carbocycles. The molecule has 1 rings (SSSR count). The summed E-state index contributed by atoms with van der Waals surface area (Å²) in [6.45, 7) is 7.41. The van der Waals surface area contributed by atoms with Gasteiger partial charge in [-0.3, -0.25) is 4.79 Å². The summed E-state index contributed by atoms with van der Waals surface area (Å²) in [5, 5.41) is 0. The summed E-state index contributed by atoms with van der Waals surface area (Å²) < 4.78 is 0. The lowest BCUT2D eigenvalue weighted by molar-refractivity contribution is -0.125. The molecule has 0 N–H and O–H groups in total. The van der Waals surface area contributed by atoms with Crippen LogP contribution >= 0.6 is 0 Å². The fraction of sp³-hybridized carbons (Fsp3) is 0.636.